The molecule has 66 valence electrons. The molecule has 5 heteroatoms. The molecular weight excluding hydrogens is 158 g/mol. The van der Waals surface area contributed by atoms with Crippen molar-refractivity contribution in [2.24, 2.45) is 0 Å². The van der Waals surface area contributed by atoms with Crippen LogP contribution in [0.25, 0.3) is 0 Å². The molecule has 1 N–H and O–H groups in total. The Kier molecular flexibility index (Phi) is 1.82. The third-order valence-corrected chi connectivity index (χ3v) is 2.27. The van der Waals surface area contributed by atoms with Crippen LogP contribution in [0, 0.1) is 0 Å². The van der Waals surface area contributed by atoms with Crippen molar-refractivity contribution in [3.8, 4) is 0 Å². The second kappa shape index (κ2) is 2.84. The molecule has 1 atom stereocenters. The molecule has 1 fully saturated rings. The minimum absolute atomic E-state index is 0.253. The maximum Gasteiger partial charge on any atom is 0.249 e. The lowest BCUT2D eigenvalue weighted by molar-refractivity contribution is 0.152. The van der Waals surface area contributed by atoms with Gasteiger partial charge in [0.25, 0.3) is 0 Å². The highest BCUT2D eigenvalue weighted by atomic mass is 16.5. The number of nitrogens with one attached hydrogen (secondary N) is 1. The Morgan fingerprint density at radius 3 is 3.08 bits per heavy atom. The van der Waals surface area contributed by atoms with Gasteiger partial charge in [-0.25, -0.2) is 0 Å². The number of aromatic nitrogens is 2. The summed E-state index contributed by atoms with van der Waals surface area (Å²) in [6, 6.07) is 0. The summed E-state index contributed by atoms with van der Waals surface area (Å²) in [5.41, 5.74) is -0.253. The summed E-state index contributed by atoms with van der Waals surface area (Å²) in [7, 11) is 1.87. The molecule has 0 saturated carbocycles. The SMILES string of the molecule is CNC1(c2ncno2)CCOC1. The van der Waals surface area contributed by atoms with E-state index in [0.29, 0.717) is 12.5 Å². The van der Waals surface area contributed by atoms with E-state index in [0.717, 1.165) is 13.0 Å². The van der Waals surface area contributed by atoms with E-state index in [-0.39, 0.29) is 5.54 Å². The van der Waals surface area contributed by atoms with Gasteiger partial charge in [0.2, 0.25) is 5.89 Å². The van der Waals surface area contributed by atoms with Crippen LogP contribution in [0.4, 0.5) is 0 Å². The molecule has 1 aromatic heterocycles. The summed E-state index contributed by atoms with van der Waals surface area (Å²) in [5.74, 6) is 0.613. The second-order valence-corrected chi connectivity index (χ2v) is 2.88. The number of ether oxygens (including phenoxy) is 1. The first kappa shape index (κ1) is 7.70. The summed E-state index contributed by atoms with van der Waals surface area (Å²) >= 11 is 0. The second-order valence-electron chi connectivity index (χ2n) is 2.88. The molecule has 1 aliphatic heterocycles. The highest BCUT2D eigenvalue weighted by molar-refractivity contribution is 5.03. The van der Waals surface area contributed by atoms with Crippen LogP contribution in [-0.2, 0) is 10.3 Å². The van der Waals surface area contributed by atoms with Gasteiger partial charge in [0.1, 0.15) is 5.54 Å². The Bertz CT molecular complexity index is 241. The molecule has 1 aromatic rings. The standard InChI is InChI=1S/C7H11N3O2/c1-8-7(2-3-11-4-7)6-9-5-10-12-6/h5,8H,2-4H2,1H3. The predicted molar refractivity (Wildman–Crippen MR) is 40.5 cm³/mol. The summed E-state index contributed by atoms with van der Waals surface area (Å²) in [5, 5.41) is 6.74. The van der Waals surface area contributed by atoms with Crippen LogP contribution in [0.1, 0.15) is 12.3 Å². The molecule has 1 unspecified atom stereocenters. The normalized spacial score (nSPS) is 29.4. The van der Waals surface area contributed by atoms with Crippen molar-refractivity contribution in [3.05, 3.63) is 12.2 Å². The van der Waals surface area contributed by atoms with Crippen LogP contribution in [0.2, 0.25) is 0 Å². The lowest BCUT2D eigenvalue weighted by Gasteiger charge is -2.21. The molecule has 0 radical (unpaired) electrons. The van der Waals surface area contributed by atoms with Gasteiger partial charge < -0.3 is 14.6 Å². The largest absolute Gasteiger partial charge is 0.379 e. The van der Waals surface area contributed by atoms with Crippen molar-refractivity contribution in [1.82, 2.24) is 15.5 Å². The van der Waals surface area contributed by atoms with Crippen LogP contribution in [-0.4, -0.2) is 30.4 Å². The predicted octanol–water partition coefficient (Wildman–Crippen LogP) is -0.0954. The fourth-order valence-electron chi connectivity index (χ4n) is 1.42. The number of rotatable bonds is 2. The zero-order chi connectivity index (χ0) is 8.44. The number of nitrogens with zero attached hydrogens (tertiary/aromatic N) is 2. The van der Waals surface area contributed by atoms with Crippen molar-refractivity contribution in [2.75, 3.05) is 20.3 Å². The lowest BCUT2D eigenvalue weighted by Crippen LogP contribution is -2.40. The number of hydrogen-bond donors (Lipinski definition) is 1. The van der Waals surface area contributed by atoms with Crippen molar-refractivity contribution >= 4 is 0 Å². The molecule has 2 rings (SSSR count). The third kappa shape index (κ3) is 1.02. The summed E-state index contributed by atoms with van der Waals surface area (Å²) in [4.78, 5) is 4.02. The van der Waals surface area contributed by atoms with Crippen LogP contribution in [0.5, 0.6) is 0 Å². The Morgan fingerprint density at radius 2 is 2.58 bits per heavy atom. The molecule has 12 heavy (non-hydrogen) atoms. The average molecular weight is 169 g/mol. The van der Waals surface area contributed by atoms with E-state index in [2.05, 4.69) is 15.5 Å². The molecule has 0 amide bonds. The van der Waals surface area contributed by atoms with Gasteiger partial charge >= 0.3 is 0 Å². The first-order valence-corrected chi connectivity index (χ1v) is 3.91. The average Bonchev–Trinajstić information content (AvgIpc) is 2.76. The molecule has 2 heterocycles. The zero-order valence-electron chi connectivity index (χ0n) is 6.91. The molecule has 0 aromatic carbocycles. The monoisotopic (exact) mass is 169 g/mol. The van der Waals surface area contributed by atoms with Gasteiger partial charge in [0.05, 0.1) is 6.61 Å². The van der Waals surface area contributed by atoms with E-state index in [9.17, 15) is 0 Å². The molecule has 1 saturated heterocycles. The molecule has 1 aliphatic rings. The van der Waals surface area contributed by atoms with Gasteiger partial charge in [-0.15, -0.1) is 0 Å². The highest BCUT2D eigenvalue weighted by Gasteiger charge is 2.39. The van der Waals surface area contributed by atoms with Crippen molar-refractivity contribution in [2.45, 2.75) is 12.0 Å². The lowest BCUT2D eigenvalue weighted by atomic mass is 9.99. The Hall–Kier alpha value is -0.940. The maximum atomic E-state index is 5.28. The van der Waals surface area contributed by atoms with E-state index in [1.54, 1.807) is 0 Å². The molecule has 0 bridgehead atoms. The van der Waals surface area contributed by atoms with Gasteiger partial charge in [0, 0.05) is 13.0 Å². The molecule has 5 nitrogen and oxygen atoms in total. The fraction of sp³-hybridized carbons (Fsp3) is 0.714. The summed E-state index contributed by atoms with van der Waals surface area (Å²) in [6.45, 7) is 1.34. The highest BCUT2D eigenvalue weighted by Crippen LogP contribution is 2.27. The Morgan fingerprint density at radius 1 is 1.67 bits per heavy atom. The van der Waals surface area contributed by atoms with Gasteiger partial charge in [0.15, 0.2) is 6.33 Å². The van der Waals surface area contributed by atoms with Crippen molar-refractivity contribution in [1.29, 1.82) is 0 Å². The van der Waals surface area contributed by atoms with E-state index < -0.39 is 0 Å². The van der Waals surface area contributed by atoms with Gasteiger partial charge in [-0.2, -0.15) is 4.98 Å². The third-order valence-electron chi connectivity index (χ3n) is 2.27. The Balaban J connectivity index is 2.28. The van der Waals surface area contributed by atoms with Gasteiger partial charge in [-0.3, -0.25) is 0 Å². The van der Waals surface area contributed by atoms with Crippen molar-refractivity contribution < 1.29 is 9.26 Å². The van der Waals surface area contributed by atoms with E-state index in [1.165, 1.54) is 6.33 Å². The van der Waals surface area contributed by atoms with Gasteiger partial charge in [-0.1, -0.05) is 5.16 Å². The number of hydrogen-bond acceptors (Lipinski definition) is 5. The van der Waals surface area contributed by atoms with Crippen LogP contribution < -0.4 is 5.32 Å². The first-order valence-electron chi connectivity index (χ1n) is 3.91. The molecular formula is C7H11N3O2. The maximum absolute atomic E-state index is 5.28. The summed E-state index contributed by atoms with van der Waals surface area (Å²) in [6.07, 6.45) is 2.29. The van der Waals surface area contributed by atoms with Crippen LogP contribution in [0.3, 0.4) is 0 Å². The van der Waals surface area contributed by atoms with E-state index in [4.69, 9.17) is 9.26 Å². The smallest absolute Gasteiger partial charge is 0.249 e. The first-order chi connectivity index (χ1) is 5.87. The topological polar surface area (TPSA) is 60.2 Å². The van der Waals surface area contributed by atoms with Crippen LogP contribution >= 0.6 is 0 Å². The quantitative estimate of drug-likeness (QED) is 0.670. The fourth-order valence-corrected chi connectivity index (χ4v) is 1.42. The van der Waals surface area contributed by atoms with Crippen molar-refractivity contribution in [3.63, 3.8) is 0 Å². The van der Waals surface area contributed by atoms with E-state index in [1.807, 2.05) is 7.05 Å². The van der Waals surface area contributed by atoms with E-state index >= 15 is 0 Å². The minimum Gasteiger partial charge on any atom is -0.379 e. The zero-order valence-corrected chi connectivity index (χ0v) is 6.91. The molecule has 0 spiro atoms. The van der Waals surface area contributed by atoms with Gasteiger partial charge in [-0.05, 0) is 7.05 Å². The van der Waals surface area contributed by atoms with Crippen LogP contribution in [0.15, 0.2) is 10.9 Å². The molecule has 0 aliphatic carbocycles. The Labute approximate surface area is 70.1 Å². The summed E-state index contributed by atoms with van der Waals surface area (Å²) < 4.78 is 10.3. The number of likely N-dealkylation sites (N-methyl/N-ethyl adjacent to an activating group) is 1. The minimum atomic E-state index is -0.253.